The fraction of sp³-hybridized carbons (Fsp3) is 0.741. The van der Waals surface area contributed by atoms with Crippen molar-refractivity contribution in [1.29, 1.82) is 0 Å². The number of benzene rings is 1. The first-order valence-electron chi connectivity index (χ1n) is 13.3. The third kappa shape index (κ3) is 11.8. The van der Waals surface area contributed by atoms with Gasteiger partial charge in [0, 0.05) is 0 Å². The van der Waals surface area contributed by atoms with Gasteiger partial charge >= 0.3 is 14.5 Å². The van der Waals surface area contributed by atoms with E-state index < -0.39 is 30.6 Å². The predicted octanol–water partition coefficient (Wildman–Crippen LogP) is 8.48. The molecule has 1 rings (SSSR count). The summed E-state index contributed by atoms with van der Waals surface area (Å²) >= 11 is 0. The van der Waals surface area contributed by atoms with E-state index in [1.807, 2.05) is 19.9 Å². The first-order chi connectivity index (χ1) is 15.6. The number of hydrogen-bond donors (Lipinski definition) is 0. The molecule has 0 aromatic heterocycles. The third-order valence-corrected chi connectivity index (χ3v) is 17.9. The molecule has 0 saturated carbocycles. The Hall–Kier alpha value is -0.739. The number of rotatable bonds is 16. The molecule has 0 aliphatic rings. The molecule has 0 radical (unpaired) electrons. The maximum atomic E-state index is 12.9. The van der Waals surface area contributed by atoms with Gasteiger partial charge in [-0.05, 0) is 96.0 Å². The average molecular weight is 525 g/mol. The molecule has 0 aliphatic heterocycles. The molecule has 0 N–H and O–H groups in total. The molecule has 0 amide bonds. The maximum absolute atomic E-state index is 12.9. The zero-order valence-corrected chi connectivity index (χ0v) is 26.8. The molecule has 0 heterocycles. The van der Waals surface area contributed by atoms with E-state index in [0.29, 0.717) is 12.5 Å². The molecule has 0 bridgehead atoms. The average Bonchev–Trinajstić information content (AvgIpc) is 2.72. The summed E-state index contributed by atoms with van der Waals surface area (Å²) in [5.74, 6) is 0.268. The highest BCUT2D eigenvalue weighted by molar-refractivity contribution is 6.87. The Kier molecular flexibility index (Phi) is 12.5. The van der Waals surface area contributed by atoms with Crippen LogP contribution in [0.2, 0.25) is 51.4 Å². The van der Waals surface area contributed by atoms with Gasteiger partial charge in [-0.3, -0.25) is 4.79 Å². The van der Waals surface area contributed by atoms with Gasteiger partial charge in [0.15, 0.2) is 16.6 Å². The smallest absolute Gasteiger partial charge is 0.311 e. The maximum Gasteiger partial charge on any atom is 0.311 e. The van der Waals surface area contributed by atoms with Crippen LogP contribution in [-0.4, -0.2) is 37.8 Å². The van der Waals surface area contributed by atoms with Crippen molar-refractivity contribution in [3.63, 3.8) is 0 Å². The van der Waals surface area contributed by atoms with Crippen LogP contribution in [0, 0.1) is 5.41 Å². The van der Waals surface area contributed by atoms with Crippen LogP contribution in [-0.2, 0) is 17.8 Å². The fourth-order valence-electron chi connectivity index (χ4n) is 4.84. The van der Waals surface area contributed by atoms with Crippen LogP contribution in [0.5, 0.6) is 0 Å². The minimum absolute atomic E-state index is 0.0935. The Morgan fingerprint density at radius 1 is 0.882 bits per heavy atom. The summed E-state index contributed by atoms with van der Waals surface area (Å²) in [5, 5.41) is 0. The van der Waals surface area contributed by atoms with Gasteiger partial charge in [-0.25, -0.2) is 0 Å². The van der Waals surface area contributed by atoms with Crippen LogP contribution in [0.3, 0.4) is 0 Å². The highest BCUT2D eigenvalue weighted by atomic mass is 28.5. The van der Waals surface area contributed by atoms with Crippen molar-refractivity contribution in [2.75, 3.05) is 6.61 Å². The van der Waals surface area contributed by atoms with Gasteiger partial charge in [-0.15, -0.1) is 0 Å². The number of unbranched alkanes of at least 4 members (excludes halogenated alkanes) is 1. The van der Waals surface area contributed by atoms with Gasteiger partial charge in [0.2, 0.25) is 0 Å². The Balaban J connectivity index is 2.52. The van der Waals surface area contributed by atoms with E-state index in [9.17, 15) is 4.79 Å². The Morgan fingerprint density at radius 2 is 1.41 bits per heavy atom. The van der Waals surface area contributed by atoms with Gasteiger partial charge in [-0.1, -0.05) is 57.0 Å². The second-order valence-corrected chi connectivity index (χ2v) is 24.5. The van der Waals surface area contributed by atoms with Crippen LogP contribution in [0.4, 0.5) is 0 Å². The van der Waals surface area contributed by atoms with E-state index in [1.165, 1.54) is 24.4 Å². The van der Waals surface area contributed by atoms with Crippen molar-refractivity contribution < 1.29 is 17.8 Å². The Bertz CT molecular complexity index is 733. The van der Waals surface area contributed by atoms with E-state index >= 15 is 0 Å². The first kappa shape index (κ1) is 31.3. The molecule has 1 aromatic rings. The first-order valence-corrected chi connectivity index (χ1v) is 22.3. The standard InChI is InChI=1S/C27H52O4Si3/c1-11-13-21-32(5,6)30-34(9,10)31-33(7,8)22-17-20-29-26(28)27(3,4)23-24(12-2)25-18-15-14-16-19-25/h14-16,18-19,24H,11-13,17,20-23H2,1-10H3. The van der Waals surface area contributed by atoms with Crippen molar-refractivity contribution in [1.82, 2.24) is 0 Å². The largest absolute Gasteiger partial charge is 0.465 e. The van der Waals surface area contributed by atoms with Crippen LogP contribution in [0.25, 0.3) is 0 Å². The van der Waals surface area contributed by atoms with Crippen LogP contribution in [0.15, 0.2) is 30.3 Å². The molecule has 0 spiro atoms. The lowest BCUT2D eigenvalue weighted by Crippen LogP contribution is -2.52. The van der Waals surface area contributed by atoms with Gasteiger partial charge in [0.25, 0.3) is 0 Å². The molecule has 7 heteroatoms. The van der Waals surface area contributed by atoms with E-state index in [2.05, 4.69) is 77.4 Å². The Morgan fingerprint density at radius 3 is 1.91 bits per heavy atom. The normalized spacial score (nSPS) is 14.2. The molecule has 0 saturated heterocycles. The summed E-state index contributed by atoms with van der Waals surface area (Å²) in [4.78, 5) is 12.9. The quantitative estimate of drug-likeness (QED) is 0.124. The molecule has 0 fully saturated rings. The lowest BCUT2D eigenvalue weighted by molar-refractivity contribution is -0.154. The minimum Gasteiger partial charge on any atom is -0.465 e. The molecule has 4 nitrogen and oxygen atoms in total. The SMILES string of the molecule is CCCC[Si](C)(C)O[Si](C)(C)O[Si](C)(C)CCCOC(=O)C(C)(C)CC(CC)c1ccccc1. The van der Waals surface area contributed by atoms with E-state index in [1.54, 1.807) is 0 Å². The summed E-state index contributed by atoms with van der Waals surface area (Å²) < 4.78 is 19.1. The minimum atomic E-state index is -2.18. The third-order valence-electron chi connectivity index (χ3n) is 6.41. The number of carbonyl (C=O) groups excluding carboxylic acids is 1. The second kappa shape index (κ2) is 13.5. The van der Waals surface area contributed by atoms with Crippen molar-refractivity contribution in [2.24, 2.45) is 5.41 Å². The van der Waals surface area contributed by atoms with Crippen molar-refractivity contribution in [3.05, 3.63) is 35.9 Å². The summed E-state index contributed by atoms with van der Waals surface area (Å²) in [6.45, 7) is 22.5. The molecule has 1 atom stereocenters. The lowest BCUT2D eigenvalue weighted by atomic mass is 9.79. The summed E-state index contributed by atoms with van der Waals surface area (Å²) in [5.41, 5.74) is 0.794. The second-order valence-electron chi connectivity index (χ2n) is 12.1. The lowest BCUT2D eigenvalue weighted by Gasteiger charge is -2.38. The highest BCUT2D eigenvalue weighted by Crippen LogP contribution is 2.35. The topological polar surface area (TPSA) is 44.8 Å². The zero-order valence-electron chi connectivity index (χ0n) is 23.8. The number of esters is 1. The fourth-order valence-corrected chi connectivity index (χ4v) is 19.0. The van der Waals surface area contributed by atoms with Gasteiger partial charge in [0.1, 0.15) is 0 Å². The van der Waals surface area contributed by atoms with E-state index in [-0.39, 0.29) is 5.97 Å². The van der Waals surface area contributed by atoms with Crippen LogP contribution >= 0.6 is 0 Å². The summed E-state index contributed by atoms with van der Waals surface area (Å²) in [6.07, 6.45) is 5.10. The number of carbonyl (C=O) groups is 1. The molecule has 0 aliphatic carbocycles. The molecular weight excluding hydrogens is 473 g/mol. The van der Waals surface area contributed by atoms with Crippen molar-refractivity contribution in [2.45, 2.75) is 117 Å². The molecule has 1 aromatic carbocycles. The van der Waals surface area contributed by atoms with E-state index in [4.69, 9.17) is 13.0 Å². The predicted molar refractivity (Wildman–Crippen MR) is 153 cm³/mol. The molecular formula is C27H52O4Si3. The van der Waals surface area contributed by atoms with Gasteiger partial charge < -0.3 is 13.0 Å². The van der Waals surface area contributed by atoms with Crippen molar-refractivity contribution >= 4 is 31.2 Å². The van der Waals surface area contributed by atoms with Crippen LogP contribution in [0.1, 0.15) is 71.3 Å². The molecule has 1 unspecified atom stereocenters. The monoisotopic (exact) mass is 524 g/mol. The zero-order chi connectivity index (χ0) is 26.0. The summed E-state index contributed by atoms with van der Waals surface area (Å²) in [6, 6.07) is 12.7. The number of hydrogen-bond acceptors (Lipinski definition) is 4. The summed E-state index contributed by atoms with van der Waals surface area (Å²) in [7, 11) is -5.76. The van der Waals surface area contributed by atoms with Gasteiger partial charge in [0.05, 0.1) is 12.0 Å². The molecule has 196 valence electrons. The molecule has 34 heavy (non-hydrogen) atoms. The Labute approximate surface area is 213 Å². The van der Waals surface area contributed by atoms with Gasteiger partial charge in [-0.2, -0.15) is 0 Å². The number of ether oxygens (including phenoxy) is 1. The van der Waals surface area contributed by atoms with E-state index in [0.717, 1.165) is 25.3 Å². The highest BCUT2D eigenvalue weighted by Gasteiger charge is 2.39. The van der Waals surface area contributed by atoms with Crippen LogP contribution < -0.4 is 0 Å². The van der Waals surface area contributed by atoms with Crippen molar-refractivity contribution in [3.8, 4) is 0 Å².